The van der Waals surface area contributed by atoms with Gasteiger partial charge < -0.3 is 13.3 Å². The largest absolute Gasteiger partial charge is 0.754 e. The van der Waals surface area contributed by atoms with E-state index in [2.05, 4.69) is 42.7 Å². The fourth-order valence-corrected chi connectivity index (χ4v) is 1.82. The van der Waals surface area contributed by atoms with Crippen LogP contribution in [0, 0.1) is 53.8 Å². The van der Waals surface area contributed by atoms with Crippen LogP contribution in [0.2, 0.25) is 0 Å². The number of hydrogen-bond acceptors (Lipinski definition) is 3. The molecule has 21 heavy (non-hydrogen) atoms. The van der Waals surface area contributed by atoms with Crippen LogP contribution in [-0.2, 0) is 13.3 Å². The zero-order valence-electron chi connectivity index (χ0n) is 13.7. The molecule has 0 aromatic carbocycles. The van der Waals surface area contributed by atoms with Gasteiger partial charge in [-0.25, -0.2) is 0 Å². The molecule has 114 valence electrons. The first-order valence-electron chi connectivity index (χ1n) is 7.00. The second kappa shape index (κ2) is 9.86. The van der Waals surface area contributed by atoms with Crippen molar-refractivity contribution in [2.45, 2.75) is 41.5 Å². The summed E-state index contributed by atoms with van der Waals surface area (Å²) in [6.45, 7) is 15.5. The van der Waals surface area contributed by atoms with Gasteiger partial charge in [0.15, 0.2) is 0 Å². The van der Waals surface area contributed by atoms with E-state index in [1.165, 1.54) is 5.70 Å². The molecule has 0 bridgehead atoms. The van der Waals surface area contributed by atoms with E-state index >= 15 is 0 Å². The quantitative estimate of drug-likeness (QED) is 0.587. The smallest absolute Gasteiger partial charge is 0.429 e. The summed E-state index contributed by atoms with van der Waals surface area (Å²) in [7, 11) is -3.23. The van der Waals surface area contributed by atoms with Gasteiger partial charge in [0.2, 0.25) is 0 Å². The molecule has 0 radical (unpaired) electrons. The maximum absolute atomic E-state index is 5.46. The molecule has 0 aliphatic carbocycles. The Bertz CT molecular complexity index is 432. The van der Waals surface area contributed by atoms with Gasteiger partial charge >= 0.3 is 8.80 Å². The van der Waals surface area contributed by atoms with Gasteiger partial charge in [-0.2, -0.15) is 0 Å². The first-order chi connectivity index (χ1) is 9.81. The fraction of sp³-hybridized carbons (Fsp3) is 0.529. The van der Waals surface area contributed by atoms with Gasteiger partial charge in [0.05, 0.1) is 0 Å². The minimum absolute atomic E-state index is 0.185. The lowest BCUT2D eigenvalue weighted by Crippen LogP contribution is -2.40. The van der Waals surface area contributed by atoms with Crippen molar-refractivity contribution < 1.29 is 13.3 Å². The second-order valence-corrected chi connectivity index (χ2v) is 7.54. The molecule has 0 unspecified atom stereocenters. The Morgan fingerprint density at radius 1 is 0.714 bits per heavy atom. The SMILES string of the molecule is C=C[Si](OC#CC(C)C)(OC#CC(C)C)OC#CC(C)C. The van der Waals surface area contributed by atoms with Crippen LogP contribution in [0.1, 0.15) is 41.5 Å². The highest BCUT2D eigenvalue weighted by atomic mass is 28.4. The molecule has 0 heterocycles. The Morgan fingerprint density at radius 3 is 1.19 bits per heavy atom. The van der Waals surface area contributed by atoms with Crippen LogP contribution in [0.5, 0.6) is 0 Å². The molecule has 0 rings (SSSR count). The standard InChI is InChI=1S/C17H24O3Si/c1-8-21(18-12-9-15(2)3,19-13-10-16(4)5)20-14-11-17(6)7/h8,15-17H,1H2,2-7H3. The first kappa shape index (κ1) is 19.0. The van der Waals surface area contributed by atoms with E-state index in [1.54, 1.807) is 0 Å². The van der Waals surface area contributed by atoms with Gasteiger partial charge in [-0.15, -0.1) is 0 Å². The van der Waals surface area contributed by atoms with Crippen molar-refractivity contribution in [3.8, 4) is 36.1 Å². The van der Waals surface area contributed by atoms with Gasteiger partial charge in [0.1, 0.15) is 18.3 Å². The molecule has 3 nitrogen and oxygen atoms in total. The van der Waals surface area contributed by atoms with Crippen LogP contribution >= 0.6 is 0 Å². The van der Waals surface area contributed by atoms with Crippen LogP contribution < -0.4 is 0 Å². The highest BCUT2D eigenvalue weighted by molar-refractivity contribution is 6.67. The average molecular weight is 304 g/mol. The third kappa shape index (κ3) is 9.55. The molecule has 0 aromatic rings. The lowest BCUT2D eigenvalue weighted by atomic mass is 10.2. The van der Waals surface area contributed by atoms with Crippen molar-refractivity contribution in [1.29, 1.82) is 0 Å². The summed E-state index contributed by atoms with van der Waals surface area (Å²) in [6, 6.07) is 0. The number of hydrogen-bond donors (Lipinski definition) is 0. The summed E-state index contributed by atoms with van der Waals surface area (Å²) in [5.74, 6) is 9.23. The molecule has 0 atom stereocenters. The Labute approximate surface area is 130 Å². The van der Waals surface area contributed by atoms with Crippen LogP contribution in [0.4, 0.5) is 0 Å². The highest BCUT2D eigenvalue weighted by Gasteiger charge is 2.45. The molecule has 0 saturated carbocycles. The van der Waals surface area contributed by atoms with Crippen molar-refractivity contribution in [1.82, 2.24) is 0 Å². The second-order valence-electron chi connectivity index (χ2n) is 5.32. The predicted octanol–water partition coefficient (Wildman–Crippen LogP) is 3.55. The normalized spacial score (nSPS) is 9.76. The molecular weight excluding hydrogens is 280 g/mol. The lowest BCUT2D eigenvalue weighted by molar-refractivity contribution is 0.228. The zero-order chi connectivity index (χ0) is 16.3. The van der Waals surface area contributed by atoms with E-state index in [9.17, 15) is 0 Å². The molecular formula is C17H24O3Si. The maximum atomic E-state index is 5.46. The van der Waals surface area contributed by atoms with Crippen molar-refractivity contribution in [3.63, 3.8) is 0 Å². The van der Waals surface area contributed by atoms with Crippen molar-refractivity contribution in [2.75, 3.05) is 0 Å². The summed E-state index contributed by atoms with van der Waals surface area (Å²) in [5, 5.41) is 0. The molecule has 0 spiro atoms. The Balaban J connectivity index is 5.12. The lowest BCUT2D eigenvalue weighted by Gasteiger charge is -2.17. The average Bonchev–Trinajstić information content (AvgIpc) is 2.36. The van der Waals surface area contributed by atoms with Crippen molar-refractivity contribution in [3.05, 3.63) is 12.3 Å². The Hall–Kier alpha value is -1.96. The van der Waals surface area contributed by atoms with Crippen LogP contribution in [-0.4, -0.2) is 8.80 Å². The molecule has 0 saturated heterocycles. The minimum atomic E-state index is -3.23. The Morgan fingerprint density at radius 2 is 1.00 bits per heavy atom. The summed E-state index contributed by atoms with van der Waals surface area (Å²) in [4.78, 5) is 0. The van der Waals surface area contributed by atoms with Gasteiger partial charge in [-0.3, -0.25) is 0 Å². The Kier molecular flexibility index (Phi) is 8.94. The van der Waals surface area contributed by atoms with E-state index in [1.807, 2.05) is 41.5 Å². The molecule has 0 aliphatic rings. The monoisotopic (exact) mass is 304 g/mol. The summed E-state index contributed by atoms with van der Waals surface area (Å²) in [6.07, 6.45) is 7.82. The van der Waals surface area contributed by atoms with Crippen LogP contribution in [0.3, 0.4) is 0 Å². The van der Waals surface area contributed by atoms with Crippen molar-refractivity contribution in [2.24, 2.45) is 17.8 Å². The molecule has 0 N–H and O–H groups in total. The zero-order valence-corrected chi connectivity index (χ0v) is 14.7. The molecule has 0 fully saturated rings. The van der Waals surface area contributed by atoms with Gasteiger partial charge in [-0.05, 0) is 0 Å². The van der Waals surface area contributed by atoms with Gasteiger partial charge in [0.25, 0.3) is 0 Å². The first-order valence-corrected chi connectivity index (χ1v) is 8.80. The van der Waals surface area contributed by atoms with Crippen LogP contribution in [0.15, 0.2) is 12.3 Å². The van der Waals surface area contributed by atoms with Crippen LogP contribution in [0.25, 0.3) is 0 Å². The highest BCUT2D eigenvalue weighted by Crippen LogP contribution is 2.10. The molecule has 4 heteroatoms. The summed E-state index contributed by atoms with van der Waals surface area (Å²) < 4.78 is 16.4. The predicted molar refractivity (Wildman–Crippen MR) is 87.0 cm³/mol. The maximum Gasteiger partial charge on any atom is 0.754 e. The third-order valence-corrected chi connectivity index (χ3v) is 3.53. The molecule has 0 aliphatic heterocycles. The summed E-state index contributed by atoms with van der Waals surface area (Å²) >= 11 is 0. The fourth-order valence-electron chi connectivity index (χ4n) is 0.843. The van der Waals surface area contributed by atoms with Crippen molar-refractivity contribution >= 4 is 8.80 Å². The topological polar surface area (TPSA) is 27.7 Å². The third-order valence-electron chi connectivity index (χ3n) is 1.87. The molecule has 0 amide bonds. The van der Waals surface area contributed by atoms with E-state index in [0.29, 0.717) is 0 Å². The van der Waals surface area contributed by atoms with Gasteiger partial charge in [0, 0.05) is 23.5 Å². The van der Waals surface area contributed by atoms with E-state index in [-0.39, 0.29) is 17.8 Å². The van der Waals surface area contributed by atoms with E-state index in [4.69, 9.17) is 13.3 Å². The number of rotatable bonds is 4. The van der Waals surface area contributed by atoms with E-state index in [0.717, 1.165) is 0 Å². The van der Waals surface area contributed by atoms with E-state index < -0.39 is 8.80 Å². The minimum Gasteiger partial charge on any atom is -0.429 e. The molecule has 0 aromatic heterocycles. The van der Waals surface area contributed by atoms with Gasteiger partial charge in [-0.1, -0.05) is 65.9 Å². The summed E-state index contributed by atoms with van der Waals surface area (Å²) in [5.41, 5.74) is 1.48.